The van der Waals surface area contributed by atoms with Crippen LogP contribution < -0.4 is 16.0 Å². The summed E-state index contributed by atoms with van der Waals surface area (Å²) >= 11 is 1.83. The highest BCUT2D eigenvalue weighted by Gasteiger charge is 2.29. The van der Waals surface area contributed by atoms with Gasteiger partial charge in [-0.2, -0.15) is 11.8 Å². The van der Waals surface area contributed by atoms with Crippen LogP contribution in [-0.4, -0.2) is 9.97 Å². The number of rotatable bonds is 2. The van der Waals surface area contributed by atoms with Gasteiger partial charge in [-0.1, -0.05) is 18.2 Å². The van der Waals surface area contributed by atoms with Crippen LogP contribution in [0.3, 0.4) is 0 Å². The first kappa shape index (κ1) is 12.0. The summed E-state index contributed by atoms with van der Waals surface area (Å²) in [7, 11) is 0. The maximum Gasteiger partial charge on any atom is 0.172 e. The number of aromatic nitrogens is 2. The zero-order valence-corrected chi connectivity index (χ0v) is 11.6. The summed E-state index contributed by atoms with van der Waals surface area (Å²) in [5.41, 5.74) is 6.10. The standard InChI is InChI=1S/C14H14N4OS/c15-18-13-9-6-20-7-10(9)16-14(17-13)12-5-8-3-1-2-4-11(8)19-12/h1-4,12H,5-7,15H2,(H,16,17,18). The molecule has 2 aliphatic heterocycles. The molecule has 0 saturated carbocycles. The Bertz CT molecular complexity index is 651. The molecule has 0 saturated heterocycles. The number of benzene rings is 1. The van der Waals surface area contributed by atoms with Gasteiger partial charge in [-0.3, -0.25) is 0 Å². The molecule has 1 aromatic heterocycles. The Morgan fingerprint density at radius 2 is 2.15 bits per heavy atom. The van der Waals surface area contributed by atoms with Crippen LogP contribution in [-0.2, 0) is 17.9 Å². The second-order valence-corrected chi connectivity index (χ2v) is 5.90. The number of ether oxygens (including phenoxy) is 1. The summed E-state index contributed by atoms with van der Waals surface area (Å²) in [6.45, 7) is 0. The number of nitrogens with zero attached hydrogens (tertiary/aromatic N) is 2. The lowest BCUT2D eigenvalue weighted by atomic mass is 10.1. The number of nitrogens with one attached hydrogen (secondary N) is 1. The molecular weight excluding hydrogens is 272 g/mol. The SMILES string of the molecule is NNc1nc(C2Cc3ccccc3O2)nc2c1CSC2. The van der Waals surface area contributed by atoms with Crippen LogP contribution in [0.1, 0.15) is 28.7 Å². The second kappa shape index (κ2) is 4.64. The molecule has 3 N–H and O–H groups in total. The zero-order valence-electron chi connectivity index (χ0n) is 10.8. The van der Waals surface area contributed by atoms with Crippen molar-refractivity contribution in [3.63, 3.8) is 0 Å². The number of fused-ring (bicyclic) bond motifs is 2. The van der Waals surface area contributed by atoms with E-state index in [-0.39, 0.29) is 6.10 Å². The molecule has 0 fully saturated rings. The van der Waals surface area contributed by atoms with Gasteiger partial charge in [0, 0.05) is 23.5 Å². The van der Waals surface area contributed by atoms with Crippen molar-refractivity contribution in [2.75, 3.05) is 5.43 Å². The predicted molar refractivity (Wildman–Crippen MR) is 78.4 cm³/mol. The summed E-state index contributed by atoms with van der Waals surface area (Å²) in [5.74, 6) is 9.80. The maximum absolute atomic E-state index is 5.95. The van der Waals surface area contributed by atoms with Crippen LogP contribution >= 0.6 is 11.8 Å². The number of para-hydroxylation sites is 1. The molecule has 102 valence electrons. The maximum atomic E-state index is 5.95. The number of hydrogen-bond donors (Lipinski definition) is 2. The van der Waals surface area contributed by atoms with E-state index in [1.807, 2.05) is 30.0 Å². The minimum Gasteiger partial charge on any atom is -0.482 e. The van der Waals surface area contributed by atoms with Crippen molar-refractivity contribution in [3.8, 4) is 5.75 Å². The molecule has 0 radical (unpaired) electrons. The van der Waals surface area contributed by atoms with E-state index in [9.17, 15) is 0 Å². The second-order valence-electron chi connectivity index (χ2n) is 4.91. The van der Waals surface area contributed by atoms with E-state index in [1.165, 1.54) is 5.56 Å². The number of hydrazine groups is 1. The van der Waals surface area contributed by atoms with Crippen molar-refractivity contribution in [2.24, 2.45) is 5.84 Å². The summed E-state index contributed by atoms with van der Waals surface area (Å²) < 4.78 is 5.95. The highest BCUT2D eigenvalue weighted by Crippen LogP contribution is 2.38. The summed E-state index contributed by atoms with van der Waals surface area (Å²) in [4.78, 5) is 9.22. The Morgan fingerprint density at radius 3 is 3.00 bits per heavy atom. The molecule has 6 heteroatoms. The van der Waals surface area contributed by atoms with Crippen molar-refractivity contribution >= 4 is 17.6 Å². The number of nitrogen functional groups attached to an aromatic ring is 1. The molecule has 0 bridgehead atoms. The predicted octanol–water partition coefficient (Wildman–Crippen LogP) is 2.19. The molecule has 3 heterocycles. The smallest absolute Gasteiger partial charge is 0.172 e. The van der Waals surface area contributed by atoms with Gasteiger partial charge in [0.2, 0.25) is 0 Å². The third-order valence-corrected chi connectivity index (χ3v) is 4.64. The number of hydrogen-bond acceptors (Lipinski definition) is 6. The van der Waals surface area contributed by atoms with Crippen LogP contribution in [0.4, 0.5) is 5.82 Å². The Labute approximate surface area is 120 Å². The van der Waals surface area contributed by atoms with E-state index in [1.54, 1.807) is 0 Å². The monoisotopic (exact) mass is 286 g/mol. The molecule has 1 unspecified atom stereocenters. The first-order chi connectivity index (χ1) is 9.85. The first-order valence-corrected chi connectivity index (χ1v) is 7.69. The van der Waals surface area contributed by atoms with Crippen molar-refractivity contribution in [3.05, 3.63) is 46.9 Å². The molecule has 0 aliphatic carbocycles. The van der Waals surface area contributed by atoms with Crippen molar-refractivity contribution in [1.29, 1.82) is 0 Å². The minimum atomic E-state index is -0.115. The van der Waals surface area contributed by atoms with E-state index in [2.05, 4.69) is 21.5 Å². The van der Waals surface area contributed by atoms with Crippen LogP contribution in [0.25, 0.3) is 0 Å². The van der Waals surface area contributed by atoms with E-state index in [0.29, 0.717) is 0 Å². The lowest BCUT2D eigenvalue weighted by Crippen LogP contribution is -2.16. The van der Waals surface area contributed by atoms with Crippen LogP contribution in [0.15, 0.2) is 24.3 Å². The van der Waals surface area contributed by atoms with Gasteiger partial charge in [-0.15, -0.1) is 0 Å². The Kier molecular flexibility index (Phi) is 2.78. The van der Waals surface area contributed by atoms with Crippen LogP contribution in [0.2, 0.25) is 0 Å². The van der Waals surface area contributed by atoms with E-state index >= 15 is 0 Å². The molecular formula is C14H14N4OS. The Hall–Kier alpha value is -1.79. The molecule has 2 aliphatic rings. The fourth-order valence-electron chi connectivity index (χ4n) is 2.66. The molecule has 1 atom stereocenters. The molecule has 1 aromatic carbocycles. The molecule has 0 spiro atoms. The number of thioether (sulfide) groups is 1. The average molecular weight is 286 g/mol. The van der Waals surface area contributed by atoms with Crippen molar-refractivity contribution in [2.45, 2.75) is 24.0 Å². The molecule has 4 rings (SSSR count). The first-order valence-electron chi connectivity index (χ1n) is 6.54. The van der Waals surface area contributed by atoms with E-state index < -0.39 is 0 Å². The fourth-order valence-corrected chi connectivity index (χ4v) is 3.70. The minimum absolute atomic E-state index is 0.115. The zero-order chi connectivity index (χ0) is 13.5. The molecule has 2 aromatic rings. The van der Waals surface area contributed by atoms with Gasteiger partial charge in [0.15, 0.2) is 11.9 Å². The van der Waals surface area contributed by atoms with Crippen molar-refractivity contribution < 1.29 is 4.74 Å². The van der Waals surface area contributed by atoms with Gasteiger partial charge in [0.1, 0.15) is 11.6 Å². The number of nitrogens with two attached hydrogens (primary N) is 1. The number of anilines is 1. The van der Waals surface area contributed by atoms with Gasteiger partial charge in [0.05, 0.1) is 5.69 Å². The lowest BCUT2D eigenvalue weighted by Gasteiger charge is -2.13. The summed E-state index contributed by atoms with van der Waals surface area (Å²) in [5, 5.41) is 0. The van der Waals surface area contributed by atoms with Crippen LogP contribution in [0, 0.1) is 0 Å². The lowest BCUT2D eigenvalue weighted by molar-refractivity contribution is 0.227. The quantitative estimate of drug-likeness (QED) is 0.651. The summed E-state index contributed by atoms with van der Waals surface area (Å²) in [6.07, 6.45) is 0.696. The van der Waals surface area contributed by atoms with E-state index in [0.717, 1.165) is 46.6 Å². The van der Waals surface area contributed by atoms with Gasteiger partial charge < -0.3 is 10.2 Å². The molecule has 5 nitrogen and oxygen atoms in total. The van der Waals surface area contributed by atoms with E-state index in [4.69, 9.17) is 10.6 Å². The third-order valence-electron chi connectivity index (χ3n) is 3.67. The normalized spacial score (nSPS) is 19.4. The van der Waals surface area contributed by atoms with Crippen LogP contribution in [0.5, 0.6) is 5.75 Å². The highest BCUT2D eigenvalue weighted by molar-refractivity contribution is 7.98. The largest absolute Gasteiger partial charge is 0.482 e. The Balaban J connectivity index is 1.71. The highest BCUT2D eigenvalue weighted by atomic mass is 32.2. The van der Waals surface area contributed by atoms with Gasteiger partial charge in [-0.25, -0.2) is 15.8 Å². The Morgan fingerprint density at radius 1 is 1.25 bits per heavy atom. The third kappa shape index (κ3) is 1.83. The average Bonchev–Trinajstić information content (AvgIpc) is 3.12. The molecule has 20 heavy (non-hydrogen) atoms. The van der Waals surface area contributed by atoms with Crippen molar-refractivity contribution in [1.82, 2.24) is 9.97 Å². The van der Waals surface area contributed by atoms with Gasteiger partial charge >= 0.3 is 0 Å². The molecule has 0 amide bonds. The van der Waals surface area contributed by atoms with Gasteiger partial charge in [-0.05, 0) is 11.6 Å². The topological polar surface area (TPSA) is 73.1 Å². The summed E-state index contributed by atoms with van der Waals surface area (Å²) in [6, 6.07) is 8.08. The fraction of sp³-hybridized carbons (Fsp3) is 0.286. The van der Waals surface area contributed by atoms with Gasteiger partial charge in [0.25, 0.3) is 0 Å².